The van der Waals surface area contributed by atoms with Crippen LogP contribution in [-0.2, 0) is 4.79 Å². The second-order valence-corrected chi connectivity index (χ2v) is 5.69. The number of imidazole rings is 1. The standard InChI is InChI=1S/C13H16N5O2/c1-13(7-19)4-2-8(3-5-13)10-15-6-9-11(20)16-12(14)17-18(9)10/h6,8H,2-5H2,1H3,(H3,14,16,17,20)/t8-,13-. The summed E-state index contributed by atoms with van der Waals surface area (Å²) in [7, 11) is 0. The molecule has 2 heterocycles. The van der Waals surface area contributed by atoms with E-state index in [1.165, 1.54) is 10.7 Å². The summed E-state index contributed by atoms with van der Waals surface area (Å²) in [6.07, 6.45) is 6.86. The molecule has 7 nitrogen and oxygen atoms in total. The summed E-state index contributed by atoms with van der Waals surface area (Å²) in [5, 5.41) is 4.13. The van der Waals surface area contributed by atoms with Gasteiger partial charge in [-0.25, -0.2) is 9.50 Å². The summed E-state index contributed by atoms with van der Waals surface area (Å²) in [5.74, 6) is 1.00. The van der Waals surface area contributed by atoms with Gasteiger partial charge < -0.3 is 5.73 Å². The fourth-order valence-electron chi connectivity index (χ4n) is 2.83. The number of anilines is 1. The first-order chi connectivity index (χ1) is 9.52. The predicted octanol–water partition coefficient (Wildman–Crippen LogP) is 0.773. The van der Waals surface area contributed by atoms with E-state index in [4.69, 9.17) is 5.73 Å². The quantitative estimate of drug-likeness (QED) is 0.841. The van der Waals surface area contributed by atoms with Crippen molar-refractivity contribution in [2.45, 2.75) is 38.5 Å². The van der Waals surface area contributed by atoms with Gasteiger partial charge in [-0.15, -0.1) is 5.10 Å². The molecule has 3 N–H and O–H groups in total. The minimum absolute atomic E-state index is 0.0728. The van der Waals surface area contributed by atoms with E-state index < -0.39 is 0 Å². The third-order valence-electron chi connectivity index (χ3n) is 4.15. The molecule has 7 heteroatoms. The van der Waals surface area contributed by atoms with Gasteiger partial charge in [-0.05, 0) is 25.7 Å². The average Bonchev–Trinajstić information content (AvgIpc) is 2.84. The number of nitrogens with two attached hydrogens (primary N) is 1. The molecule has 0 aromatic carbocycles. The number of nitrogen functional groups attached to an aromatic ring is 1. The summed E-state index contributed by atoms with van der Waals surface area (Å²) in [6, 6.07) is 0. The Morgan fingerprint density at radius 1 is 1.50 bits per heavy atom. The second-order valence-electron chi connectivity index (χ2n) is 5.69. The van der Waals surface area contributed by atoms with Crippen molar-refractivity contribution < 1.29 is 4.79 Å². The summed E-state index contributed by atoms with van der Waals surface area (Å²) in [4.78, 5) is 29.5. The molecule has 0 unspecified atom stereocenters. The highest BCUT2D eigenvalue weighted by molar-refractivity contribution is 5.59. The van der Waals surface area contributed by atoms with Gasteiger partial charge in [-0.2, -0.15) is 0 Å². The van der Waals surface area contributed by atoms with Crippen LogP contribution in [0.1, 0.15) is 44.3 Å². The Bertz CT molecular complexity index is 709. The SMILES string of the molecule is C[C@]1([C]=O)CC[C@H](c2ncc3c(=O)[nH]c(N)nn32)CC1. The summed E-state index contributed by atoms with van der Waals surface area (Å²) in [6.45, 7) is 1.93. The van der Waals surface area contributed by atoms with Gasteiger partial charge in [0.25, 0.3) is 5.56 Å². The molecule has 1 aliphatic carbocycles. The third kappa shape index (κ3) is 1.99. The number of hydrogen-bond acceptors (Lipinski definition) is 5. The first-order valence-electron chi connectivity index (χ1n) is 6.65. The number of nitrogens with one attached hydrogen (secondary N) is 1. The first kappa shape index (κ1) is 12.8. The van der Waals surface area contributed by atoms with E-state index in [1.54, 1.807) is 0 Å². The number of fused-ring (bicyclic) bond motifs is 1. The fourth-order valence-corrected chi connectivity index (χ4v) is 2.83. The van der Waals surface area contributed by atoms with Crippen molar-refractivity contribution in [3.63, 3.8) is 0 Å². The van der Waals surface area contributed by atoms with Crippen LogP contribution < -0.4 is 11.3 Å². The van der Waals surface area contributed by atoms with E-state index in [9.17, 15) is 9.59 Å². The highest BCUT2D eigenvalue weighted by atomic mass is 16.1. The highest BCUT2D eigenvalue weighted by Gasteiger charge is 2.34. The molecule has 2 aromatic heterocycles. The largest absolute Gasteiger partial charge is 0.368 e. The molecular formula is C13H16N5O2. The molecule has 0 bridgehead atoms. The monoisotopic (exact) mass is 274 g/mol. The van der Waals surface area contributed by atoms with Crippen LogP contribution in [0.2, 0.25) is 0 Å². The summed E-state index contributed by atoms with van der Waals surface area (Å²) >= 11 is 0. The van der Waals surface area contributed by atoms with Gasteiger partial charge in [0, 0.05) is 11.3 Å². The molecule has 1 aliphatic rings. The van der Waals surface area contributed by atoms with Crippen LogP contribution in [0.4, 0.5) is 5.95 Å². The Morgan fingerprint density at radius 2 is 2.20 bits per heavy atom. The number of carbonyl (C=O) groups excluding carboxylic acids is 1. The van der Waals surface area contributed by atoms with Crippen LogP contribution in [0.5, 0.6) is 0 Å². The number of aromatic amines is 1. The number of hydrogen-bond donors (Lipinski definition) is 2. The minimum Gasteiger partial charge on any atom is -0.368 e. The number of aromatic nitrogens is 4. The van der Waals surface area contributed by atoms with E-state index in [1.807, 2.05) is 6.92 Å². The lowest BCUT2D eigenvalue weighted by Gasteiger charge is -2.31. The molecule has 20 heavy (non-hydrogen) atoms. The minimum atomic E-state index is -0.354. The fraction of sp³-hybridized carbons (Fsp3) is 0.538. The van der Waals surface area contributed by atoms with Crippen molar-refractivity contribution in [1.29, 1.82) is 0 Å². The molecule has 105 valence electrons. The average molecular weight is 274 g/mol. The zero-order chi connectivity index (χ0) is 14.3. The predicted molar refractivity (Wildman–Crippen MR) is 73.0 cm³/mol. The first-order valence-corrected chi connectivity index (χ1v) is 6.65. The van der Waals surface area contributed by atoms with Crippen LogP contribution in [0.3, 0.4) is 0 Å². The Labute approximate surface area is 115 Å². The van der Waals surface area contributed by atoms with Crippen molar-refractivity contribution >= 4 is 17.8 Å². The van der Waals surface area contributed by atoms with Gasteiger partial charge in [0.05, 0.1) is 6.20 Å². The normalized spacial score (nSPS) is 26.8. The molecule has 1 radical (unpaired) electrons. The number of rotatable bonds is 2. The maximum absolute atomic E-state index is 11.8. The van der Waals surface area contributed by atoms with Gasteiger partial charge >= 0.3 is 0 Å². The molecule has 0 amide bonds. The Balaban J connectivity index is 1.96. The number of H-pyrrole nitrogens is 1. The molecule has 0 spiro atoms. The van der Waals surface area contributed by atoms with Crippen LogP contribution >= 0.6 is 0 Å². The lowest BCUT2D eigenvalue weighted by molar-refractivity contribution is 0.268. The van der Waals surface area contributed by atoms with Gasteiger partial charge in [-0.1, -0.05) is 6.92 Å². The Kier molecular flexibility index (Phi) is 2.84. The molecule has 2 aromatic rings. The molecule has 3 rings (SSSR count). The van der Waals surface area contributed by atoms with E-state index >= 15 is 0 Å². The lowest BCUT2D eigenvalue weighted by Crippen LogP contribution is -2.26. The molecule has 0 aliphatic heterocycles. The van der Waals surface area contributed by atoms with E-state index in [0.717, 1.165) is 31.5 Å². The van der Waals surface area contributed by atoms with Gasteiger partial charge in [0.2, 0.25) is 12.2 Å². The summed E-state index contributed by atoms with van der Waals surface area (Å²) < 4.78 is 1.52. The van der Waals surface area contributed by atoms with E-state index in [0.29, 0.717) is 5.52 Å². The Morgan fingerprint density at radius 3 is 2.85 bits per heavy atom. The van der Waals surface area contributed by atoms with Crippen LogP contribution in [0.25, 0.3) is 5.52 Å². The topological polar surface area (TPSA) is 106 Å². The second kappa shape index (κ2) is 4.43. The zero-order valence-corrected chi connectivity index (χ0v) is 11.2. The van der Waals surface area contributed by atoms with Crippen molar-refractivity contribution in [1.82, 2.24) is 19.6 Å². The van der Waals surface area contributed by atoms with Gasteiger partial charge in [0.15, 0.2) is 5.52 Å². The molecule has 0 saturated heterocycles. The molecule has 1 saturated carbocycles. The highest BCUT2D eigenvalue weighted by Crippen LogP contribution is 2.40. The van der Waals surface area contributed by atoms with Crippen LogP contribution in [0.15, 0.2) is 11.0 Å². The van der Waals surface area contributed by atoms with Crippen molar-refractivity contribution in [2.24, 2.45) is 5.41 Å². The Hall–Kier alpha value is -2.18. The van der Waals surface area contributed by atoms with Crippen LogP contribution in [-0.4, -0.2) is 25.9 Å². The van der Waals surface area contributed by atoms with Crippen LogP contribution in [0, 0.1) is 5.41 Å². The van der Waals surface area contributed by atoms with E-state index in [2.05, 4.69) is 21.4 Å². The molecule has 1 fully saturated rings. The maximum atomic E-state index is 11.8. The number of nitrogens with zero attached hydrogens (tertiary/aromatic N) is 3. The smallest absolute Gasteiger partial charge is 0.278 e. The van der Waals surface area contributed by atoms with Crippen molar-refractivity contribution in [2.75, 3.05) is 5.73 Å². The van der Waals surface area contributed by atoms with Crippen molar-refractivity contribution in [3.05, 3.63) is 22.4 Å². The lowest BCUT2D eigenvalue weighted by atomic mass is 9.72. The van der Waals surface area contributed by atoms with E-state index in [-0.39, 0.29) is 22.8 Å². The van der Waals surface area contributed by atoms with Gasteiger partial charge in [0.1, 0.15) is 5.82 Å². The maximum Gasteiger partial charge on any atom is 0.278 e. The van der Waals surface area contributed by atoms with Crippen molar-refractivity contribution in [3.8, 4) is 0 Å². The molecular weight excluding hydrogens is 258 g/mol. The summed E-state index contributed by atoms with van der Waals surface area (Å²) in [5.41, 5.74) is 5.33. The third-order valence-corrected chi connectivity index (χ3v) is 4.15. The van der Waals surface area contributed by atoms with Gasteiger partial charge in [-0.3, -0.25) is 14.6 Å². The zero-order valence-electron chi connectivity index (χ0n) is 11.2. The molecule has 0 atom stereocenters.